The van der Waals surface area contributed by atoms with E-state index in [0.717, 1.165) is 38.0 Å². The monoisotopic (exact) mass is 259 g/mol. The van der Waals surface area contributed by atoms with Gasteiger partial charge in [0.1, 0.15) is 5.82 Å². The molecule has 2 atom stereocenters. The van der Waals surface area contributed by atoms with E-state index in [1.54, 1.807) is 18.3 Å². The summed E-state index contributed by atoms with van der Waals surface area (Å²) in [6.45, 7) is 0.838. The molecule has 1 aliphatic carbocycles. The molecule has 0 saturated heterocycles. The summed E-state index contributed by atoms with van der Waals surface area (Å²) in [7, 11) is 0. The maximum absolute atomic E-state index is 9.88. The third-order valence-electron chi connectivity index (χ3n) is 3.82. The van der Waals surface area contributed by atoms with Gasteiger partial charge in [0, 0.05) is 12.7 Å². The normalized spacial score (nSPS) is 22.7. The van der Waals surface area contributed by atoms with Gasteiger partial charge in [-0.25, -0.2) is 4.98 Å². The van der Waals surface area contributed by atoms with E-state index in [-0.39, 0.29) is 6.10 Å². The highest BCUT2D eigenvalue weighted by Gasteiger charge is 2.22. The first kappa shape index (κ1) is 13.8. The van der Waals surface area contributed by atoms with Gasteiger partial charge in [-0.3, -0.25) is 0 Å². The minimum Gasteiger partial charge on any atom is -0.393 e. The second kappa shape index (κ2) is 7.10. The number of nitriles is 1. The van der Waals surface area contributed by atoms with Crippen molar-refractivity contribution in [3.05, 3.63) is 23.9 Å². The first-order valence-corrected chi connectivity index (χ1v) is 7.07. The van der Waals surface area contributed by atoms with Crippen LogP contribution in [0.4, 0.5) is 5.82 Å². The Kier molecular flexibility index (Phi) is 5.17. The van der Waals surface area contributed by atoms with Crippen LogP contribution in [0.3, 0.4) is 0 Å². The minimum absolute atomic E-state index is 0.103. The van der Waals surface area contributed by atoms with Crippen LogP contribution in [-0.2, 0) is 0 Å². The van der Waals surface area contributed by atoms with Gasteiger partial charge in [0.2, 0.25) is 0 Å². The van der Waals surface area contributed by atoms with Gasteiger partial charge in [-0.2, -0.15) is 5.26 Å². The van der Waals surface area contributed by atoms with Crippen molar-refractivity contribution in [1.82, 2.24) is 4.98 Å². The number of pyridine rings is 1. The number of hydrogen-bond acceptors (Lipinski definition) is 4. The van der Waals surface area contributed by atoms with Crippen LogP contribution >= 0.6 is 0 Å². The fourth-order valence-electron chi connectivity index (χ4n) is 2.70. The molecule has 1 aromatic rings. The molecule has 2 unspecified atom stereocenters. The summed E-state index contributed by atoms with van der Waals surface area (Å²) in [6, 6.07) is 5.56. The Morgan fingerprint density at radius 3 is 3.05 bits per heavy atom. The Morgan fingerprint density at radius 1 is 1.42 bits per heavy atom. The summed E-state index contributed by atoms with van der Waals surface area (Å²) < 4.78 is 0. The van der Waals surface area contributed by atoms with Crippen molar-refractivity contribution in [2.75, 3.05) is 11.9 Å². The van der Waals surface area contributed by atoms with E-state index in [0.29, 0.717) is 11.5 Å². The molecule has 1 aliphatic rings. The minimum atomic E-state index is -0.103. The van der Waals surface area contributed by atoms with E-state index in [1.807, 2.05) is 0 Å². The van der Waals surface area contributed by atoms with Crippen molar-refractivity contribution in [2.24, 2.45) is 5.92 Å². The molecule has 0 spiro atoms. The number of aromatic nitrogens is 1. The molecule has 1 saturated carbocycles. The SMILES string of the molecule is N#Cc1ccnc(NCCCC2CCCCC2O)c1. The Balaban J connectivity index is 1.70. The molecule has 1 fully saturated rings. The fraction of sp³-hybridized carbons (Fsp3) is 0.600. The molecule has 2 rings (SSSR count). The average molecular weight is 259 g/mol. The first-order valence-electron chi connectivity index (χ1n) is 7.07. The highest BCUT2D eigenvalue weighted by molar-refractivity contribution is 5.42. The topological polar surface area (TPSA) is 68.9 Å². The molecule has 0 aliphatic heterocycles. The molecule has 0 amide bonds. The largest absolute Gasteiger partial charge is 0.393 e. The molecule has 0 bridgehead atoms. The lowest BCUT2D eigenvalue weighted by Crippen LogP contribution is -2.24. The van der Waals surface area contributed by atoms with Gasteiger partial charge >= 0.3 is 0 Å². The van der Waals surface area contributed by atoms with Crippen LogP contribution < -0.4 is 5.32 Å². The molecule has 1 aromatic heterocycles. The number of nitrogens with zero attached hydrogens (tertiary/aromatic N) is 2. The summed E-state index contributed by atoms with van der Waals surface area (Å²) in [4.78, 5) is 4.18. The van der Waals surface area contributed by atoms with Crippen LogP contribution in [-0.4, -0.2) is 22.7 Å². The van der Waals surface area contributed by atoms with Gasteiger partial charge in [-0.15, -0.1) is 0 Å². The Hall–Kier alpha value is -1.60. The van der Waals surface area contributed by atoms with E-state index >= 15 is 0 Å². The van der Waals surface area contributed by atoms with Crippen LogP contribution in [0.5, 0.6) is 0 Å². The Morgan fingerprint density at radius 2 is 2.26 bits per heavy atom. The van der Waals surface area contributed by atoms with E-state index in [4.69, 9.17) is 5.26 Å². The second-order valence-electron chi connectivity index (χ2n) is 5.22. The van der Waals surface area contributed by atoms with Crippen LogP contribution in [0.1, 0.15) is 44.1 Å². The molecule has 4 heteroatoms. The lowest BCUT2D eigenvalue weighted by molar-refractivity contribution is 0.0648. The predicted octanol–water partition coefficient (Wildman–Crippen LogP) is 2.70. The first-order chi connectivity index (χ1) is 9.29. The van der Waals surface area contributed by atoms with E-state index in [1.165, 1.54) is 12.8 Å². The molecule has 1 heterocycles. The summed E-state index contributed by atoms with van der Waals surface area (Å²) in [5.41, 5.74) is 0.625. The standard InChI is InChI=1S/C15H21N3O/c16-11-12-7-9-18-15(10-12)17-8-3-5-13-4-1-2-6-14(13)19/h7,9-10,13-14,19H,1-6,8H2,(H,17,18). The van der Waals surface area contributed by atoms with Gasteiger partial charge in [-0.05, 0) is 43.7 Å². The van der Waals surface area contributed by atoms with Gasteiger partial charge in [0.05, 0.1) is 17.7 Å². The van der Waals surface area contributed by atoms with Crippen molar-refractivity contribution in [1.29, 1.82) is 5.26 Å². The predicted molar refractivity (Wildman–Crippen MR) is 74.6 cm³/mol. The lowest BCUT2D eigenvalue weighted by Gasteiger charge is -2.27. The van der Waals surface area contributed by atoms with Crippen LogP contribution in [0, 0.1) is 17.2 Å². The average Bonchev–Trinajstić information content (AvgIpc) is 2.45. The number of aliphatic hydroxyl groups excluding tert-OH is 1. The van der Waals surface area contributed by atoms with Crippen molar-refractivity contribution >= 4 is 5.82 Å². The molecule has 19 heavy (non-hydrogen) atoms. The lowest BCUT2D eigenvalue weighted by atomic mass is 9.83. The van der Waals surface area contributed by atoms with Crippen molar-refractivity contribution < 1.29 is 5.11 Å². The quantitative estimate of drug-likeness (QED) is 0.798. The molecule has 0 aromatic carbocycles. The summed E-state index contributed by atoms with van der Waals surface area (Å²) in [5.74, 6) is 1.22. The summed E-state index contributed by atoms with van der Waals surface area (Å²) in [5, 5.41) is 21.9. The number of rotatable bonds is 5. The molecular formula is C15H21N3O. The van der Waals surface area contributed by atoms with Gasteiger partial charge in [-0.1, -0.05) is 12.8 Å². The van der Waals surface area contributed by atoms with Crippen molar-refractivity contribution in [2.45, 2.75) is 44.6 Å². The molecule has 102 valence electrons. The number of hydrogen-bond donors (Lipinski definition) is 2. The zero-order valence-electron chi connectivity index (χ0n) is 11.2. The third-order valence-corrected chi connectivity index (χ3v) is 3.82. The highest BCUT2D eigenvalue weighted by Crippen LogP contribution is 2.27. The summed E-state index contributed by atoms with van der Waals surface area (Å²) in [6.07, 6.45) is 8.17. The second-order valence-corrected chi connectivity index (χ2v) is 5.22. The van der Waals surface area contributed by atoms with Crippen LogP contribution in [0.15, 0.2) is 18.3 Å². The Labute approximate surface area is 114 Å². The molecule has 2 N–H and O–H groups in total. The molecule has 0 radical (unpaired) electrons. The molecular weight excluding hydrogens is 238 g/mol. The van der Waals surface area contributed by atoms with Gasteiger partial charge in [0.25, 0.3) is 0 Å². The third kappa shape index (κ3) is 4.22. The maximum atomic E-state index is 9.88. The summed E-state index contributed by atoms with van der Waals surface area (Å²) >= 11 is 0. The number of nitrogens with one attached hydrogen (secondary N) is 1. The van der Waals surface area contributed by atoms with E-state index in [2.05, 4.69) is 16.4 Å². The van der Waals surface area contributed by atoms with Crippen LogP contribution in [0.2, 0.25) is 0 Å². The number of aliphatic hydroxyl groups is 1. The number of anilines is 1. The van der Waals surface area contributed by atoms with Crippen molar-refractivity contribution in [3.63, 3.8) is 0 Å². The maximum Gasteiger partial charge on any atom is 0.127 e. The zero-order valence-corrected chi connectivity index (χ0v) is 11.2. The Bertz CT molecular complexity index is 441. The smallest absolute Gasteiger partial charge is 0.127 e. The van der Waals surface area contributed by atoms with Crippen molar-refractivity contribution in [3.8, 4) is 6.07 Å². The van der Waals surface area contributed by atoms with Gasteiger partial charge in [0.15, 0.2) is 0 Å². The highest BCUT2D eigenvalue weighted by atomic mass is 16.3. The van der Waals surface area contributed by atoms with E-state index < -0.39 is 0 Å². The van der Waals surface area contributed by atoms with Gasteiger partial charge < -0.3 is 10.4 Å². The van der Waals surface area contributed by atoms with E-state index in [9.17, 15) is 5.11 Å². The zero-order chi connectivity index (χ0) is 13.5. The fourth-order valence-corrected chi connectivity index (χ4v) is 2.70. The van der Waals surface area contributed by atoms with Crippen LogP contribution in [0.25, 0.3) is 0 Å². The molecule has 4 nitrogen and oxygen atoms in total.